The maximum atomic E-state index is 11.3. The third-order valence-corrected chi connectivity index (χ3v) is 2.52. The van der Waals surface area contributed by atoms with Gasteiger partial charge in [-0.1, -0.05) is 6.58 Å². The summed E-state index contributed by atoms with van der Waals surface area (Å²) in [6.07, 6.45) is 3.57. The zero-order valence-electron chi connectivity index (χ0n) is 10.4. The van der Waals surface area contributed by atoms with Gasteiger partial charge in [0.25, 0.3) is 0 Å². The van der Waals surface area contributed by atoms with Crippen LogP contribution in [0.3, 0.4) is 0 Å². The highest BCUT2D eigenvalue weighted by Crippen LogP contribution is 2.26. The summed E-state index contributed by atoms with van der Waals surface area (Å²) in [6, 6.07) is 0.530. The predicted molar refractivity (Wildman–Crippen MR) is 64.1 cm³/mol. The monoisotopic (exact) mass is 226 g/mol. The lowest BCUT2D eigenvalue weighted by Crippen LogP contribution is -2.44. The Balaban J connectivity index is 2.08. The van der Waals surface area contributed by atoms with Crippen molar-refractivity contribution in [2.45, 2.75) is 45.3 Å². The van der Waals surface area contributed by atoms with E-state index in [-0.39, 0.29) is 6.09 Å². The largest absolute Gasteiger partial charge is 0.444 e. The first-order valence-corrected chi connectivity index (χ1v) is 5.74. The van der Waals surface area contributed by atoms with Crippen molar-refractivity contribution in [1.82, 2.24) is 10.6 Å². The van der Waals surface area contributed by atoms with E-state index in [0.29, 0.717) is 18.5 Å². The van der Waals surface area contributed by atoms with E-state index in [0.717, 1.165) is 12.8 Å². The smallest absolute Gasteiger partial charge is 0.407 e. The summed E-state index contributed by atoms with van der Waals surface area (Å²) < 4.78 is 5.15. The Morgan fingerprint density at radius 3 is 2.62 bits per heavy atom. The SMILES string of the molecule is C=CNC1CC(CNC(=O)OC(C)(C)C)C1. The van der Waals surface area contributed by atoms with Gasteiger partial charge in [0, 0.05) is 12.6 Å². The number of amides is 1. The topological polar surface area (TPSA) is 50.4 Å². The average Bonchev–Trinajstić information content (AvgIpc) is 2.05. The van der Waals surface area contributed by atoms with Crippen LogP contribution < -0.4 is 10.6 Å². The zero-order chi connectivity index (χ0) is 12.2. The van der Waals surface area contributed by atoms with Gasteiger partial charge in [0.05, 0.1) is 0 Å². The fraction of sp³-hybridized carbons (Fsp3) is 0.750. The molecule has 1 fully saturated rings. The first-order chi connectivity index (χ1) is 7.40. The van der Waals surface area contributed by atoms with Crippen LogP contribution in [0.15, 0.2) is 12.8 Å². The van der Waals surface area contributed by atoms with E-state index in [4.69, 9.17) is 4.74 Å². The molecule has 0 atom stereocenters. The third kappa shape index (κ3) is 4.55. The van der Waals surface area contributed by atoms with E-state index in [1.165, 1.54) is 0 Å². The van der Waals surface area contributed by atoms with Crippen LogP contribution in [0.2, 0.25) is 0 Å². The van der Waals surface area contributed by atoms with Crippen molar-refractivity contribution in [1.29, 1.82) is 0 Å². The molecule has 0 aromatic rings. The van der Waals surface area contributed by atoms with Crippen molar-refractivity contribution >= 4 is 6.09 Å². The summed E-state index contributed by atoms with van der Waals surface area (Å²) in [5.74, 6) is 0.560. The second-order valence-corrected chi connectivity index (χ2v) is 5.29. The molecule has 0 radical (unpaired) electrons. The molecule has 0 bridgehead atoms. The van der Waals surface area contributed by atoms with Gasteiger partial charge in [0.1, 0.15) is 5.60 Å². The Labute approximate surface area is 97.4 Å². The van der Waals surface area contributed by atoms with Gasteiger partial charge in [-0.05, 0) is 45.7 Å². The van der Waals surface area contributed by atoms with Crippen molar-refractivity contribution in [3.8, 4) is 0 Å². The van der Waals surface area contributed by atoms with E-state index in [9.17, 15) is 4.79 Å². The van der Waals surface area contributed by atoms with E-state index in [1.807, 2.05) is 20.8 Å². The second-order valence-electron chi connectivity index (χ2n) is 5.29. The van der Waals surface area contributed by atoms with Gasteiger partial charge < -0.3 is 15.4 Å². The molecule has 92 valence electrons. The highest BCUT2D eigenvalue weighted by Gasteiger charge is 2.28. The van der Waals surface area contributed by atoms with Crippen LogP contribution >= 0.6 is 0 Å². The summed E-state index contributed by atoms with van der Waals surface area (Å²) >= 11 is 0. The normalized spacial score (nSPS) is 24.2. The maximum absolute atomic E-state index is 11.3. The molecule has 0 unspecified atom stereocenters. The van der Waals surface area contributed by atoms with E-state index in [2.05, 4.69) is 17.2 Å². The van der Waals surface area contributed by atoms with Gasteiger partial charge in [0.15, 0.2) is 0 Å². The van der Waals surface area contributed by atoms with Crippen LogP contribution in [0.25, 0.3) is 0 Å². The molecule has 4 nitrogen and oxygen atoms in total. The Morgan fingerprint density at radius 1 is 1.50 bits per heavy atom. The molecule has 16 heavy (non-hydrogen) atoms. The quantitative estimate of drug-likeness (QED) is 0.771. The molecule has 1 rings (SSSR count). The van der Waals surface area contributed by atoms with Crippen molar-refractivity contribution in [2.24, 2.45) is 5.92 Å². The maximum Gasteiger partial charge on any atom is 0.407 e. The molecule has 1 aliphatic carbocycles. The van der Waals surface area contributed by atoms with E-state index >= 15 is 0 Å². The molecule has 0 aliphatic heterocycles. The van der Waals surface area contributed by atoms with Crippen molar-refractivity contribution in [2.75, 3.05) is 6.54 Å². The van der Waals surface area contributed by atoms with Gasteiger partial charge in [-0.3, -0.25) is 0 Å². The summed E-state index contributed by atoms with van der Waals surface area (Å²) in [5, 5.41) is 5.95. The Hall–Kier alpha value is -1.19. The molecule has 1 saturated carbocycles. The van der Waals surface area contributed by atoms with Crippen LogP contribution in [0.1, 0.15) is 33.6 Å². The average molecular weight is 226 g/mol. The fourth-order valence-corrected chi connectivity index (χ4v) is 1.75. The number of alkyl carbamates (subject to hydrolysis) is 1. The lowest BCUT2D eigenvalue weighted by Gasteiger charge is -2.35. The molecule has 0 spiro atoms. The first kappa shape index (κ1) is 12.9. The molecule has 1 aliphatic rings. The number of ether oxygens (including phenoxy) is 1. The lowest BCUT2D eigenvalue weighted by atomic mass is 9.80. The molecule has 0 aromatic heterocycles. The minimum Gasteiger partial charge on any atom is -0.444 e. The molecule has 1 amide bonds. The van der Waals surface area contributed by atoms with Crippen LogP contribution in [-0.4, -0.2) is 24.3 Å². The van der Waals surface area contributed by atoms with Gasteiger partial charge in [0.2, 0.25) is 0 Å². The lowest BCUT2D eigenvalue weighted by molar-refractivity contribution is 0.0505. The summed E-state index contributed by atoms with van der Waals surface area (Å²) in [7, 11) is 0. The molecule has 0 heterocycles. The second kappa shape index (κ2) is 5.23. The van der Waals surface area contributed by atoms with Crippen molar-refractivity contribution in [3.05, 3.63) is 12.8 Å². The molecule has 2 N–H and O–H groups in total. The highest BCUT2D eigenvalue weighted by molar-refractivity contribution is 5.67. The standard InChI is InChI=1S/C12H22N2O2/c1-5-13-10-6-9(7-10)8-14-11(15)16-12(2,3)4/h5,9-10,13H,1,6-8H2,2-4H3,(H,14,15). The number of hydrogen-bond donors (Lipinski definition) is 2. The van der Waals surface area contributed by atoms with Gasteiger partial charge in [-0.2, -0.15) is 0 Å². The Bertz CT molecular complexity index is 252. The zero-order valence-corrected chi connectivity index (χ0v) is 10.4. The van der Waals surface area contributed by atoms with Crippen molar-refractivity contribution in [3.63, 3.8) is 0 Å². The summed E-state index contributed by atoms with van der Waals surface area (Å²) in [6.45, 7) is 9.90. The predicted octanol–water partition coefficient (Wildman–Crippen LogP) is 2.02. The van der Waals surface area contributed by atoms with Crippen molar-refractivity contribution < 1.29 is 9.53 Å². The van der Waals surface area contributed by atoms with E-state index in [1.54, 1.807) is 6.20 Å². The van der Waals surface area contributed by atoms with Crippen LogP contribution in [0.5, 0.6) is 0 Å². The third-order valence-electron chi connectivity index (χ3n) is 2.52. The number of rotatable bonds is 4. The van der Waals surface area contributed by atoms with Gasteiger partial charge in [-0.25, -0.2) is 4.79 Å². The molecular weight excluding hydrogens is 204 g/mol. The number of nitrogens with one attached hydrogen (secondary N) is 2. The first-order valence-electron chi connectivity index (χ1n) is 5.74. The Kier molecular flexibility index (Phi) is 4.21. The minimum absolute atomic E-state index is 0.326. The molecule has 4 heteroatoms. The van der Waals surface area contributed by atoms with E-state index < -0.39 is 5.60 Å². The van der Waals surface area contributed by atoms with Gasteiger partial charge >= 0.3 is 6.09 Å². The molecule has 0 aromatic carbocycles. The summed E-state index contributed by atoms with van der Waals surface area (Å²) in [4.78, 5) is 11.3. The fourth-order valence-electron chi connectivity index (χ4n) is 1.75. The van der Waals surface area contributed by atoms with Crippen LogP contribution in [-0.2, 0) is 4.74 Å². The minimum atomic E-state index is -0.420. The number of carbonyl (C=O) groups excluding carboxylic acids is 1. The van der Waals surface area contributed by atoms with Gasteiger partial charge in [-0.15, -0.1) is 0 Å². The van der Waals surface area contributed by atoms with Crippen LogP contribution in [0, 0.1) is 5.92 Å². The molecule has 0 saturated heterocycles. The Morgan fingerprint density at radius 2 is 2.12 bits per heavy atom. The number of carbonyl (C=O) groups is 1. The molecular formula is C12H22N2O2. The van der Waals surface area contributed by atoms with Crippen LogP contribution in [0.4, 0.5) is 4.79 Å². The number of hydrogen-bond acceptors (Lipinski definition) is 3. The highest BCUT2D eigenvalue weighted by atomic mass is 16.6. The summed E-state index contributed by atoms with van der Waals surface area (Å²) in [5.41, 5.74) is -0.420.